The van der Waals surface area contributed by atoms with Gasteiger partial charge in [-0.25, -0.2) is 4.98 Å². The van der Waals surface area contributed by atoms with E-state index < -0.39 is 0 Å². The van der Waals surface area contributed by atoms with Crippen LogP contribution in [0.15, 0.2) is 52.9 Å². The highest BCUT2D eigenvalue weighted by Crippen LogP contribution is 2.30. The molecule has 0 aliphatic heterocycles. The first-order chi connectivity index (χ1) is 9.24. The molecule has 3 heteroatoms. The van der Waals surface area contributed by atoms with Crippen LogP contribution in [0.4, 0.5) is 0 Å². The van der Waals surface area contributed by atoms with Gasteiger partial charge in [0.05, 0.1) is 0 Å². The van der Waals surface area contributed by atoms with Crippen molar-refractivity contribution in [3.05, 3.63) is 65.5 Å². The summed E-state index contributed by atoms with van der Waals surface area (Å²) >= 11 is 3.73. The Labute approximate surface area is 120 Å². The molecule has 1 aromatic heterocycles. The molecule has 2 aromatic carbocycles. The van der Waals surface area contributed by atoms with Crippen molar-refractivity contribution in [1.29, 1.82) is 0 Å². The van der Waals surface area contributed by atoms with Gasteiger partial charge in [0.2, 0.25) is 0 Å². The van der Waals surface area contributed by atoms with E-state index in [1.54, 1.807) is 0 Å². The van der Waals surface area contributed by atoms with E-state index in [0.717, 1.165) is 23.4 Å². The van der Waals surface area contributed by atoms with E-state index in [1.165, 1.54) is 11.1 Å². The van der Waals surface area contributed by atoms with Crippen LogP contribution >= 0.6 is 15.9 Å². The Morgan fingerprint density at radius 3 is 2.63 bits per heavy atom. The number of para-hydroxylation sites is 2. The minimum Gasteiger partial charge on any atom is -0.441 e. The summed E-state index contributed by atoms with van der Waals surface area (Å²) in [5.41, 5.74) is 4.33. The van der Waals surface area contributed by atoms with Crippen LogP contribution in [0.5, 0.6) is 0 Å². The van der Waals surface area contributed by atoms with Gasteiger partial charge in [0.25, 0.3) is 0 Å². The van der Waals surface area contributed by atoms with E-state index in [9.17, 15) is 0 Å². The average molecular weight is 316 g/mol. The van der Waals surface area contributed by atoms with Crippen LogP contribution in [0.1, 0.15) is 21.8 Å². The van der Waals surface area contributed by atoms with Crippen molar-refractivity contribution >= 4 is 27.0 Å². The van der Waals surface area contributed by atoms with Crippen molar-refractivity contribution in [3.63, 3.8) is 0 Å². The summed E-state index contributed by atoms with van der Waals surface area (Å²) in [5.74, 6) is 0.770. The van der Waals surface area contributed by atoms with Gasteiger partial charge in [-0.05, 0) is 30.2 Å². The lowest BCUT2D eigenvalue weighted by Crippen LogP contribution is -1.97. The largest absolute Gasteiger partial charge is 0.441 e. The highest BCUT2D eigenvalue weighted by Gasteiger charge is 2.14. The number of benzene rings is 2. The molecule has 1 unspecified atom stereocenters. The smallest absolute Gasteiger partial charge is 0.196 e. The second-order valence-corrected chi connectivity index (χ2v) is 5.71. The molecule has 0 aliphatic rings. The SMILES string of the molecule is Cc1ccccc1C(Br)Cc1nc2ccccc2o1. The Kier molecular flexibility index (Phi) is 3.38. The summed E-state index contributed by atoms with van der Waals surface area (Å²) in [4.78, 5) is 4.74. The van der Waals surface area contributed by atoms with Crippen molar-refractivity contribution in [1.82, 2.24) is 4.98 Å². The summed E-state index contributed by atoms with van der Waals surface area (Å²) in [6, 6.07) is 16.2. The molecule has 0 N–H and O–H groups in total. The van der Waals surface area contributed by atoms with Gasteiger partial charge in [-0.15, -0.1) is 0 Å². The summed E-state index contributed by atoms with van der Waals surface area (Å²) in [6.45, 7) is 2.12. The fourth-order valence-corrected chi connectivity index (χ4v) is 3.00. The third-order valence-electron chi connectivity index (χ3n) is 3.22. The highest BCUT2D eigenvalue weighted by molar-refractivity contribution is 9.09. The van der Waals surface area contributed by atoms with Crippen LogP contribution in [-0.2, 0) is 6.42 Å². The zero-order chi connectivity index (χ0) is 13.2. The Morgan fingerprint density at radius 1 is 1.11 bits per heavy atom. The molecule has 19 heavy (non-hydrogen) atoms. The fraction of sp³-hybridized carbons (Fsp3) is 0.188. The fourth-order valence-electron chi connectivity index (χ4n) is 2.21. The number of hydrogen-bond donors (Lipinski definition) is 0. The topological polar surface area (TPSA) is 26.0 Å². The molecule has 1 atom stereocenters. The van der Waals surface area contributed by atoms with Gasteiger partial charge in [0.1, 0.15) is 5.52 Å². The molecule has 0 aliphatic carbocycles. The standard InChI is InChI=1S/C16H14BrNO/c1-11-6-2-3-7-12(11)13(17)10-16-18-14-8-4-5-9-15(14)19-16/h2-9,13H,10H2,1H3. The van der Waals surface area contributed by atoms with Crippen LogP contribution in [0.3, 0.4) is 0 Å². The number of fused-ring (bicyclic) bond motifs is 1. The van der Waals surface area contributed by atoms with E-state index in [2.05, 4.69) is 52.1 Å². The van der Waals surface area contributed by atoms with Crippen LogP contribution < -0.4 is 0 Å². The zero-order valence-electron chi connectivity index (χ0n) is 10.6. The van der Waals surface area contributed by atoms with Gasteiger partial charge in [0, 0.05) is 11.2 Å². The quantitative estimate of drug-likeness (QED) is 0.648. The lowest BCUT2D eigenvalue weighted by atomic mass is 10.0. The molecule has 0 saturated carbocycles. The van der Waals surface area contributed by atoms with E-state index >= 15 is 0 Å². The maximum atomic E-state index is 5.76. The molecule has 0 radical (unpaired) electrons. The molecule has 0 amide bonds. The summed E-state index contributed by atoms with van der Waals surface area (Å²) in [6.07, 6.45) is 0.750. The third kappa shape index (κ3) is 2.56. The van der Waals surface area contributed by atoms with Crippen molar-refractivity contribution in [2.45, 2.75) is 18.2 Å². The normalized spacial score (nSPS) is 12.7. The number of alkyl halides is 1. The maximum Gasteiger partial charge on any atom is 0.196 e. The van der Waals surface area contributed by atoms with E-state index in [4.69, 9.17) is 4.42 Å². The molecule has 96 valence electrons. The van der Waals surface area contributed by atoms with E-state index in [0.29, 0.717) is 0 Å². The van der Waals surface area contributed by atoms with Crippen LogP contribution in [-0.4, -0.2) is 4.98 Å². The van der Waals surface area contributed by atoms with Crippen LogP contribution in [0.25, 0.3) is 11.1 Å². The molecule has 3 rings (SSSR count). The number of halogens is 1. The van der Waals surface area contributed by atoms with Gasteiger partial charge in [-0.2, -0.15) is 0 Å². The number of hydrogen-bond acceptors (Lipinski definition) is 2. The van der Waals surface area contributed by atoms with Gasteiger partial charge in [0.15, 0.2) is 11.5 Å². The zero-order valence-corrected chi connectivity index (χ0v) is 12.2. The minimum atomic E-state index is 0.224. The number of aryl methyl sites for hydroxylation is 1. The predicted molar refractivity (Wildman–Crippen MR) is 80.6 cm³/mol. The molecule has 0 saturated heterocycles. The van der Waals surface area contributed by atoms with E-state index in [1.807, 2.05) is 24.3 Å². The maximum absolute atomic E-state index is 5.76. The van der Waals surface area contributed by atoms with Gasteiger partial charge in [-0.1, -0.05) is 52.3 Å². The predicted octanol–water partition coefficient (Wildman–Crippen LogP) is 4.81. The molecule has 0 spiro atoms. The number of aromatic nitrogens is 1. The Bertz CT molecular complexity index is 672. The van der Waals surface area contributed by atoms with Crippen molar-refractivity contribution in [2.24, 2.45) is 0 Å². The van der Waals surface area contributed by atoms with Crippen molar-refractivity contribution in [3.8, 4) is 0 Å². The Morgan fingerprint density at radius 2 is 1.84 bits per heavy atom. The van der Waals surface area contributed by atoms with Crippen LogP contribution in [0.2, 0.25) is 0 Å². The first-order valence-corrected chi connectivity index (χ1v) is 7.19. The number of rotatable bonds is 3. The van der Waals surface area contributed by atoms with Crippen LogP contribution in [0, 0.1) is 6.92 Å². The van der Waals surface area contributed by atoms with Gasteiger partial charge in [-0.3, -0.25) is 0 Å². The second-order valence-electron chi connectivity index (χ2n) is 4.60. The molecule has 1 heterocycles. The minimum absolute atomic E-state index is 0.224. The summed E-state index contributed by atoms with van der Waals surface area (Å²) < 4.78 is 5.76. The lowest BCUT2D eigenvalue weighted by molar-refractivity contribution is 0.527. The molecular weight excluding hydrogens is 302 g/mol. The van der Waals surface area contributed by atoms with E-state index in [-0.39, 0.29) is 4.83 Å². The molecular formula is C16H14BrNO. The van der Waals surface area contributed by atoms with Crippen molar-refractivity contribution < 1.29 is 4.42 Å². The monoisotopic (exact) mass is 315 g/mol. The Balaban J connectivity index is 1.86. The summed E-state index contributed by atoms with van der Waals surface area (Å²) in [7, 11) is 0. The first-order valence-electron chi connectivity index (χ1n) is 6.28. The molecule has 2 nitrogen and oxygen atoms in total. The molecule has 3 aromatic rings. The first kappa shape index (κ1) is 12.4. The van der Waals surface area contributed by atoms with Gasteiger partial charge < -0.3 is 4.42 Å². The van der Waals surface area contributed by atoms with Gasteiger partial charge >= 0.3 is 0 Å². The third-order valence-corrected chi connectivity index (χ3v) is 4.03. The average Bonchev–Trinajstić information content (AvgIpc) is 2.81. The molecule has 0 bridgehead atoms. The lowest BCUT2D eigenvalue weighted by Gasteiger charge is -2.10. The second kappa shape index (κ2) is 5.17. The number of nitrogens with zero attached hydrogens (tertiary/aromatic N) is 1. The van der Waals surface area contributed by atoms with Crippen molar-refractivity contribution in [2.75, 3.05) is 0 Å². The highest BCUT2D eigenvalue weighted by atomic mass is 79.9. The molecule has 0 fully saturated rings. The summed E-state index contributed by atoms with van der Waals surface area (Å²) in [5, 5.41) is 0. The number of oxazole rings is 1. The Hall–Kier alpha value is -1.61.